The molecule has 0 unspecified atom stereocenters. The molecule has 0 saturated carbocycles. The van der Waals surface area contributed by atoms with E-state index >= 15 is 0 Å². The Morgan fingerprint density at radius 1 is 1.12 bits per heavy atom. The van der Waals surface area contributed by atoms with Gasteiger partial charge in [0.25, 0.3) is 5.91 Å². The van der Waals surface area contributed by atoms with Crippen molar-refractivity contribution in [3.8, 4) is 0 Å². The first-order chi connectivity index (χ1) is 11.0. The fourth-order valence-corrected chi connectivity index (χ4v) is 2.32. The summed E-state index contributed by atoms with van der Waals surface area (Å²) >= 11 is 0. The molecule has 1 N–H and O–H groups in total. The fraction of sp³-hybridized carbons (Fsp3) is 0.353. The zero-order chi connectivity index (χ0) is 18.1. The molecule has 0 bridgehead atoms. The number of carbonyl (C=O) groups is 1. The molecule has 24 heavy (non-hydrogen) atoms. The molecule has 0 aliphatic carbocycles. The summed E-state index contributed by atoms with van der Waals surface area (Å²) in [6.07, 6.45) is -3.71. The molecule has 0 saturated heterocycles. The Morgan fingerprint density at radius 2 is 1.79 bits per heavy atom. The van der Waals surface area contributed by atoms with Crippen molar-refractivity contribution in [2.75, 3.05) is 5.32 Å². The predicted octanol–water partition coefficient (Wildman–Crippen LogP) is 4.35. The van der Waals surface area contributed by atoms with E-state index in [1.165, 1.54) is 0 Å². The molecule has 2 aromatic rings. The SMILES string of the molecule is Cc1ccc(NC(=O)c2nccc(C(F)(F)F)n2)cc1C(C)(C)C. The number of benzene rings is 1. The van der Waals surface area contributed by atoms with E-state index in [9.17, 15) is 18.0 Å². The molecule has 0 aliphatic rings. The quantitative estimate of drug-likeness (QED) is 0.886. The van der Waals surface area contributed by atoms with Crippen molar-refractivity contribution in [2.24, 2.45) is 0 Å². The molecular formula is C17H18F3N3O. The van der Waals surface area contributed by atoms with Crippen molar-refractivity contribution in [2.45, 2.75) is 39.3 Å². The predicted molar refractivity (Wildman–Crippen MR) is 84.9 cm³/mol. The number of hydrogen-bond donors (Lipinski definition) is 1. The minimum absolute atomic E-state index is 0.127. The molecule has 1 aromatic carbocycles. The molecule has 0 fully saturated rings. The van der Waals surface area contributed by atoms with Crippen molar-refractivity contribution >= 4 is 11.6 Å². The van der Waals surface area contributed by atoms with Crippen LogP contribution in [0.25, 0.3) is 0 Å². The first-order valence-electron chi connectivity index (χ1n) is 7.31. The number of rotatable bonds is 2. The molecule has 4 nitrogen and oxygen atoms in total. The highest BCUT2D eigenvalue weighted by Crippen LogP contribution is 2.29. The zero-order valence-corrected chi connectivity index (χ0v) is 13.8. The van der Waals surface area contributed by atoms with E-state index < -0.39 is 23.6 Å². The monoisotopic (exact) mass is 337 g/mol. The van der Waals surface area contributed by atoms with E-state index in [4.69, 9.17) is 0 Å². The average Bonchev–Trinajstić information content (AvgIpc) is 2.47. The summed E-state index contributed by atoms with van der Waals surface area (Å²) in [7, 11) is 0. The normalized spacial score (nSPS) is 12.1. The lowest BCUT2D eigenvalue weighted by molar-refractivity contribution is -0.141. The minimum atomic E-state index is -4.62. The number of nitrogens with zero attached hydrogens (tertiary/aromatic N) is 2. The van der Waals surface area contributed by atoms with Crippen LogP contribution in [0.5, 0.6) is 0 Å². The van der Waals surface area contributed by atoms with E-state index in [2.05, 4.69) is 15.3 Å². The Balaban J connectivity index is 2.28. The highest BCUT2D eigenvalue weighted by atomic mass is 19.4. The second kappa shape index (κ2) is 6.22. The molecule has 0 atom stereocenters. The average molecular weight is 337 g/mol. The Kier molecular flexibility index (Phi) is 4.64. The summed E-state index contributed by atoms with van der Waals surface area (Å²) in [6.45, 7) is 8.08. The van der Waals surface area contributed by atoms with E-state index in [1.807, 2.05) is 33.8 Å². The Bertz CT molecular complexity index is 764. The van der Waals surface area contributed by atoms with Crippen molar-refractivity contribution < 1.29 is 18.0 Å². The lowest BCUT2D eigenvalue weighted by atomic mass is 9.84. The number of aryl methyl sites for hydroxylation is 1. The smallest absolute Gasteiger partial charge is 0.319 e. The molecule has 0 aliphatic heterocycles. The van der Waals surface area contributed by atoms with Crippen LogP contribution in [0.4, 0.5) is 18.9 Å². The fourth-order valence-electron chi connectivity index (χ4n) is 2.32. The largest absolute Gasteiger partial charge is 0.433 e. The van der Waals surface area contributed by atoms with Gasteiger partial charge in [0.1, 0.15) is 5.69 Å². The molecule has 1 amide bonds. The second-order valence-corrected chi connectivity index (χ2v) is 6.50. The summed E-state index contributed by atoms with van der Waals surface area (Å²) in [4.78, 5) is 19.0. The Morgan fingerprint density at radius 3 is 2.38 bits per heavy atom. The van der Waals surface area contributed by atoms with Crippen LogP contribution in [0.15, 0.2) is 30.5 Å². The second-order valence-electron chi connectivity index (χ2n) is 6.50. The number of carbonyl (C=O) groups excluding carboxylic acids is 1. The van der Waals surface area contributed by atoms with Crippen LogP contribution in [0.2, 0.25) is 0 Å². The number of anilines is 1. The maximum atomic E-state index is 12.7. The van der Waals surface area contributed by atoms with Gasteiger partial charge in [-0.25, -0.2) is 9.97 Å². The Labute approximate surface area is 138 Å². The summed E-state index contributed by atoms with van der Waals surface area (Å²) in [5, 5.41) is 2.55. The lowest BCUT2D eigenvalue weighted by Crippen LogP contribution is -2.19. The van der Waals surface area contributed by atoms with Gasteiger partial charge < -0.3 is 5.32 Å². The number of halogens is 3. The van der Waals surface area contributed by atoms with Gasteiger partial charge in [0.2, 0.25) is 5.82 Å². The van der Waals surface area contributed by atoms with Gasteiger partial charge in [-0.2, -0.15) is 13.2 Å². The van der Waals surface area contributed by atoms with Crippen LogP contribution in [-0.4, -0.2) is 15.9 Å². The van der Waals surface area contributed by atoms with Crippen molar-refractivity contribution in [1.82, 2.24) is 9.97 Å². The van der Waals surface area contributed by atoms with E-state index in [0.29, 0.717) is 5.69 Å². The van der Waals surface area contributed by atoms with Crippen LogP contribution in [0.1, 0.15) is 48.2 Å². The molecular weight excluding hydrogens is 319 g/mol. The highest BCUT2D eigenvalue weighted by molar-refractivity contribution is 6.01. The first kappa shape index (κ1) is 17.9. The highest BCUT2D eigenvalue weighted by Gasteiger charge is 2.33. The topological polar surface area (TPSA) is 54.9 Å². The number of hydrogen-bond acceptors (Lipinski definition) is 3. The van der Waals surface area contributed by atoms with Gasteiger partial charge >= 0.3 is 6.18 Å². The van der Waals surface area contributed by atoms with Crippen LogP contribution in [0.3, 0.4) is 0 Å². The third-order valence-corrected chi connectivity index (χ3v) is 3.45. The number of amides is 1. The Hall–Kier alpha value is -2.44. The number of alkyl halides is 3. The van der Waals surface area contributed by atoms with Gasteiger partial charge in [0, 0.05) is 11.9 Å². The molecule has 2 rings (SSSR count). The van der Waals surface area contributed by atoms with E-state index in [-0.39, 0.29) is 5.41 Å². The summed E-state index contributed by atoms with van der Waals surface area (Å²) in [5.41, 5.74) is 1.30. The standard InChI is InChI=1S/C17H18F3N3O/c1-10-5-6-11(9-12(10)16(2,3)4)22-15(24)14-21-8-7-13(23-14)17(18,19)20/h5-9H,1-4H3,(H,22,24). The zero-order valence-electron chi connectivity index (χ0n) is 13.8. The van der Waals surface area contributed by atoms with Crippen LogP contribution in [-0.2, 0) is 11.6 Å². The van der Waals surface area contributed by atoms with Crippen LogP contribution < -0.4 is 5.32 Å². The molecule has 1 aromatic heterocycles. The van der Waals surface area contributed by atoms with Gasteiger partial charge in [0.15, 0.2) is 0 Å². The molecule has 0 spiro atoms. The first-order valence-corrected chi connectivity index (χ1v) is 7.31. The van der Waals surface area contributed by atoms with Gasteiger partial charge in [-0.3, -0.25) is 4.79 Å². The van der Waals surface area contributed by atoms with Crippen LogP contribution in [0, 0.1) is 6.92 Å². The third kappa shape index (κ3) is 4.10. The van der Waals surface area contributed by atoms with Gasteiger partial charge in [-0.05, 0) is 41.7 Å². The number of aromatic nitrogens is 2. The molecule has 128 valence electrons. The third-order valence-electron chi connectivity index (χ3n) is 3.45. The van der Waals surface area contributed by atoms with Crippen molar-refractivity contribution in [3.63, 3.8) is 0 Å². The summed E-state index contributed by atoms with van der Waals surface area (Å²) in [5.74, 6) is -1.31. The van der Waals surface area contributed by atoms with E-state index in [0.717, 1.165) is 23.4 Å². The summed E-state index contributed by atoms with van der Waals surface area (Å²) < 4.78 is 38.0. The van der Waals surface area contributed by atoms with Crippen LogP contribution >= 0.6 is 0 Å². The van der Waals surface area contributed by atoms with E-state index in [1.54, 1.807) is 12.1 Å². The van der Waals surface area contributed by atoms with Gasteiger partial charge in [0.05, 0.1) is 0 Å². The molecule has 1 heterocycles. The van der Waals surface area contributed by atoms with Crippen molar-refractivity contribution in [1.29, 1.82) is 0 Å². The molecule has 7 heteroatoms. The van der Waals surface area contributed by atoms with Crippen molar-refractivity contribution in [3.05, 3.63) is 53.1 Å². The summed E-state index contributed by atoms with van der Waals surface area (Å²) in [6, 6.07) is 6.07. The van der Waals surface area contributed by atoms with Gasteiger partial charge in [-0.1, -0.05) is 26.8 Å². The maximum absolute atomic E-state index is 12.7. The van der Waals surface area contributed by atoms with Gasteiger partial charge in [-0.15, -0.1) is 0 Å². The number of nitrogens with one attached hydrogen (secondary N) is 1. The maximum Gasteiger partial charge on any atom is 0.433 e. The lowest BCUT2D eigenvalue weighted by Gasteiger charge is -2.22. The molecule has 0 radical (unpaired) electrons. The minimum Gasteiger partial charge on any atom is -0.319 e.